The van der Waals surface area contributed by atoms with Gasteiger partial charge in [-0.15, -0.1) is 0 Å². The topological polar surface area (TPSA) is 91.3 Å². The Kier molecular flexibility index (Phi) is 5.34. The molecule has 1 aromatic carbocycles. The van der Waals surface area contributed by atoms with Gasteiger partial charge >= 0.3 is 0 Å². The molecule has 2 fully saturated rings. The van der Waals surface area contributed by atoms with E-state index in [-0.39, 0.29) is 10.3 Å². The summed E-state index contributed by atoms with van der Waals surface area (Å²) in [7, 11) is -4.00. The van der Waals surface area contributed by atoms with Crippen LogP contribution in [0.25, 0.3) is 0 Å². The zero-order chi connectivity index (χ0) is 18.1. The molecule has 2 saturated heterocycles. The molecule has 1 aromatic heterocycles. The first-order valence-corrected chi connectivity index (χ1v) is 9.81. The van der Waals surface area contributed by atoms with E-state index in [0.29, 0.717) is 16.2 Å². The molecule has 0 spiro atoms. The van der Waals surface area contributed by atoms with Gasteiger partial charge in [0, 0.05) is 37.3 Å². The van der Waals surface area contributed by atoms with Crippen molar-refractivity contribution in [3.8, 4) is 0 Å². The summed E-state index contributed by atoms with van der Waals surface area (Å²) >= 11 is 11.8. The van der Waals surface area contributed by atoms with Gasteiger partial charge in [0.25, 0.3) is 10.1 Å². The van der Waals surface area contributed by atoms with Crippen LogP contribution in [0.4, 0.5) is 0 Å². The van der Waals surface area contributed by atoms with Crippen molar-refractivity contribution < 1.29 is 13.0 Å². The number of nitrogens with zero attached hydrogens (tertiary/aromatic N) is 1. The SMILES string of the molecule is Clc1cc(C23CNCC2NC3)cnc1Cl.O=S(=O)(O)c1ccccc1. The molecular formula is C16H17Cl2N3O3S. The molecule has 2 aliphatic heterocycles. The van der Waals surface area contributed by atoms with Gasteiger partial charge in [0.15, 0.2) is 0 Å². The van der Waals surface area contributed by atoms with Crippen LogP contribution >= 0.6 is 23.2 Å². The van der Waals surface area contributed by atoms with Crippen LogP contribution in [-0.2, 0) is 15.5 Å². The van der Waals surface area contributed by atoms with E-state index in [1.807, 2.05) is 12.3 Å². The zero-order valence-corrected chi connectivity index (χ0v) is 15.4. The fourth-order valence-electron chi connectivity index (χ4n) is 3.08. The second-order valence-corrected chi connectivity index (χ2v) is 8.19. The van der Waals surface area contributed by atoms with Crippen LogP contribution < -0.4 is 10.6 Å². The van der Waals surface area contributed by atoms with Crippen molar-refractivity contribution in [3.63, 3.8) is 0 Å². The highest BCUT2D eigenvalue weighted by Crippen LogP contribution is 2.38. The molecule has 2 aromatic rings. The lowest BCUT2D eigenvalue weighted by Crippen LogP contribution is -2.64. The van der Waals surface area contributed by atoms with Gasteiger partial charge in [0.1, 0.15) is 5.15 Å². The molecule has 0 saturated carbocycles. The fourth-order valence-corrected chi connectivity index (χ4v) is 3.85. The minimum absolute atomic E-state index is 0.0741. The Morgan fingerprint density at radius 1 is 1.20 bits per heavy atom. The Labute approximate surface area is 156 Å². The number of hydrogen-bond donors (Lipinski definition) is 3. The number of benzene rings is 1. The first-order valence-electron chi connectivity index (χ1n) is 7.61. The summed E-state index contributed by atoms with van der Waals surface area (Å²) in [5, 5.41) is 7.73. The van der Waals surface area contributed by atoms with E-state index in [2.05, 4.69) is 15.6 Å². The van der Waals surface area contributed by atoms with Crippen molar-refractivity contribution in [2.45, 2.75) is 16.4 Å². The van der Waals surface area contributed by atoms with Crippen LogP contribution in [0, 0.1) is 0 Å². The standard InChI is InChI=1S/C10H11Cl2N3.C6H6O3S/c11-7-1-6(2-14-9(7)12)10-4-13-3-8(10)15-5-10;7-10(8,9)6-4-2-1-3-5-6/h1-2,8,13,15H,3-5H2;1-5H,(H,7,8,9). The highest BCUT2D eigenvalue weighted by molar-refractivity contribution is 7.85. The average Bonchev–Trinajstić information content (AvgIpc) is 2.86. The summed E-state index contributed by atoms with van der Waals surface area (Å²) in [5.41, 5.74) is 1.37. The Hall–Kier alpha value is -1.22. The highest BCUT2D eigenvalue weighted by atomic mass is 35.5. The molecular weight excluding hydrogens is 385 g/mol. The van der Waals surface area contributed by atoms with Crippen LogP contribution in [0.1, 0.15) is 5.56 Å². The Balaban J connectivity index is 0.000000160. The molecule has 0 radical (unpaired) electrons. The summed E-state index contributed by atoms with van der Waals surface area (Å²) < 4.78 is 29.2. The summed E-state index contributed by atoms with van der Waals surface area (Å²) in [6.07, 6.45) is 1.84. The van der Waals surface area contributed by atoms with Crippen LogP contribution in [0.2, 0.25) is 10.2 Å². The van der Waals surface area contributed by atoms with Crippen molar-refractivity contribution in [2.24, 2.45) is 0 Å². The zero-order valence-electron chi connectivity index (χ0n) is 13.1. The van der Waals surface area contributed by atoms with E-state index >= 15 is 0 Å². The smallest absolute Gasteiger partial charge is 0.294 e. The van der Waals surface area contributed by atoms with Crippen molar-refractivity contribution in [1.82, 2.24) is 15.6 Å². The van der Waals surface area contributed by atoms with Gasteiger partial charge in [-0.05, 0) is 23.8 Å². The third-order valence-electron chi connectivity index (χ3n) is 4.53. The molecule has 3 N–H and O–H groups in total. The van der Waals surface area contributed by atoms with Gasteiger partial charge in [0.2, 0.25) is 0 Å². The van der Waals surface area contributed by atoms with Gasteiger partial charge in [-0.25, -0.2) is 4.98 Å². The van der Waals surface area contributed by atoms with E-state index in [1.165, 1.54) is 17.7 Å². The molecule has 134 valence electrons. The highest BCUT2D eigenvalue weighted by Gasteiger charge is 2.51. The lowest BCUT2D eigenvalue weighted by Gasteiger charge is -2.45. The molecule has 0 amide bonds. The van der Waals surface area contributed by atoms with Gasteiger partial charge in [-0.1, -0.05) is 41.4 Å². The average molecular weight is 402 g/mol. The Morgan fingerprint density at radius 3 is 2.40 bits per heavy atom. The van der Waals surface area contributed by atoms with Gasteiger partial charge in [-0.3, -0.25) is 4.55 Å². The van der Waals surface area contributed by atoms with Crippen LogP contribution in [-0.4, -0.2) is 43.6 Å². The maximum absolute atomic E-state index is 10.4. The first-order chi connectivity index (χ1) is 11.8. The maximum atomic E-state index is 10.4. The minimum atomic E-state index is -4.00. The quantitative estimate of drug-likeness (QED) is 0.527. The third kappa shape index (κ3) is 3.81. The van der Waals surface area contributed by atoms with Crippen LogP contribution in [0.3, 0.4) is 0 Å². The number of fused-ring (bicyclic) bond motifs is 1. The lowest BCUT2D eigenvalue weighted by atomic mass is 9.71. The van der Waals surface area contributed by atoms with Crippen LogP contribution in [0.5, 0.6) is 0 Å². The second kappa shape index (κ2) is 7.19. The lowest BCUT2D eigenvalue weighted by molar-refractivity contribution is 0.234. The van der Waals surface area contributed by atoms with E-state index in [0.717, 1.165) is 19.6 Å². The largest absolute Gasteiger partial charge is 0.314 e. The van der Waals surface area contributed by atoms with E-state index in [9.17, 15) is 8.42 Å². The molecule has 9 heteroatoms. The normalized spacial score (nSPS) is 24.7. The number of pyridine rings is 1. The number of aromatic nitrogens is 1. The Bertz CT molecular complexity index is 864. The van der Waals surface area contributed by atoms with E-state index < -0.39 is 10.1 Å². The number of nitrogens with one attached hydrogen (secondary N) is 2. The summed E-state index contributed by atoms with van der Waals surface area (Å²) in [6.45, 7) is 2.99. The summed E-state index contributed by atoms with van der Waals surface area (Å²) in [4.78, 5) is 4.04. The molecule has 3 heterocycles. The van der Waals surface area contributed by atoms with Crippen molar-refractivity contribution in [2.75, 3.05) is 19.6 Å². The number of halogens is 2. The van der Waals surface area contributed by atoms with Gasteiger partial charge in [-0.2, -0.15) is 8.42 Å². The second-order valence-electron chi connectivity index (χ2n) is 6.01. The van der Waals surface area contributed by atoms with Crippen LogP contribution in [0.15, 0.2) is 47.5 Å². The molecule has 2 atom stereocenters. The van der Waals surface area contributed by atoms with E-state index in [1.54, 1.807) is 18.2 Å². The summed E-state index contributed by atoms with van der Waals surface area (Å²) in [6, 6.07) is 9.88. The molecule has 2 aliphatic rings. The first kappa shape index (κ1) is 18.6. The maximum Gasteiger partial charge on any atom is 0.294 e. The molecule has 4 rings (SSSR count). The molecule has 2 unspecified atom stereocenters. The molecule has 6 nitrogen and oxygen atoms in total. The predicted octanol–water partition coefficient (Wildman–Crippen LogP) is 2.13. The third-order valence-corrected chi connectivity index (χ3v) is 6.09. The molecule has 0 bridgehead atoms. The number of hydrogen-bond acceptors (Lipinski definition) is 5. The fraction of sp³-hybridized carbons (Fsp3) is 0.312. The minimum Gasteiger partial charge on any atom is -0.314 e. The summed E-state index contributed by atoms with van der Waals surface area (Å²) in [5.74, 6) is 0. The molecule has 25 heavy (non-hydrogen) atoms. The predicted molar refractivity (Wildman–Crippen MR) is 96.9 cm³/mol. The van der Waals surface area contributed by atoms with Crippen molar-refractivity contribution in [3.05, 3.63) is 58.3 Å². The van der Waals surface area contributed by atoms with Crippen molar-refractivity contribution >= 4 is 33.3 Å². The van der Waals surface area contributed by atoms with E-state index in [4.69, 9.17) is 27.8 Å². The van der Waals surface area contributed by atoms with Gasteiger partial charge in [0.05, 0.1) is 9.92 Å². The Morgan fingerprint density at radius 2 is 1.92 bits per heavy atom. The monoisotopic (exact) mass is 401 g/mol. The number of rotatable bonds is 2. The van der Waals surface area contributed by atoms with Gasteiger partial charge < -0.3 is 10.6 Å². The van der Waals surface area contributed by atoms with Crippen molar-refractivity contribution in [1.29, 1.82) is 0 Å². The molecule has 0 aliphatic carbocycles.